The first-order chi connectivity index (χ1) is 5.70. The van der Waals surface area contributed by atoms with Crippen LogP contribution in [0.3, 0.4) is 0 Å². The van der Waals surface area contributed by atoms with Gasteiger partial charge in [0.05, 0.1) is 25.4 Å². The third-order valence-corrected chi connectivity index (χ3v) is 1.46. The molecule has 0 aliphatic carbocycles. The van der Waals surface area contributed by atoms with E-state index in [1.54, 1.807) is 6.92 Å². The van der Waals surface area contributed by atoms with E-state index in [4.69, 9.17) is 14.9 Å². The van der Waals surface area contributed by atoms with Gasteiger partial charge in [0, 0.05) is 6.61 Å². The monoisotopic (exact) mass is 175 g/mol. The smallest absolute Gasteiger partial charge is 0.0955 e. The van der Waals surface area contributed by atoms with Crippen LogP contribution in [0.1, 0.15) is 13.3 Å². The van der Waals surface area contributed by atoms with Gasteiger partial charge in [-0.25, -0.2) is 0 Å². The number of rotatable bonds is 7. The summed E-state index contributed by atoms with van der Waals surface area (Å²) in [6.45, 7) is 5.83. The van der Waals surface area contributed by atoms with Crippen molar-refractivity contribution in [2.24, 2.45) is 4.99 Å². The molecule has 2 atom stereocenters. The highest BCUT2D eigenvalue weighted by Crippen LogP contribution is 1.94. The second kappa shape index (κ2) is 7.21. The van der Waals surface area contributed by atoms with Crippen LogP contribution in [-0.2, 0) is 4.74 Å². The first kappa shape index (κ1) is 11.6. The molecule has 0 bridgehead atoms. The molecule has 0 amide bonds. The predicted molar refractivity (Wildman–Crippen MR) is 47.5 cm³/mol. The lowest BCUT2D eigenvalue weighted by Gasteiger charge is -2.09. The standard InChI is InChI=1S/C8H17NO3/c1-7(11)3-4-12-6-8(5-10)9-2/h7-8,10-11H,2-6H2,1H3/t7-,8+/m1/s1. The number of aliphatic imine (C=N–C) groups is 1. The average molecular weight is 175 g/mol. The molecule has 0 aliphatic heterocycles. The maximum Gasteiger partial charge on any atom is 0.0955 e. The molecule has 0 unspecified atom stereocenters. The quantitative estimate of drug-likeness (QED) is 0.417. The van der Waals surface area contributed by atoms with E-state index in [1.807, 2.05) is 0 Å². The summed E-state index contributed by atoms with van der Waals surface area (Å²) in [6.07, 6.45) is 0.268. The summed E-state index contributed by atoms with van der Waals surface area (Å²) in [5.41, 5.74) is 0. The maximum atomic E-state index is 8.87. The Morgan fingerprint density at radius 2 is 2.25 bits per heavy atom. The van der Waals surface area contributed by atoms with Crippen LogP contribution >= 0.6 is 0 Å². The number of hydrogen-bond acceptors (Lipinski definition) is 4. The Balaban J connectivity index is 3.23. The molecular formula is C8H17NO3. The molecule has 0 rings (SSSR count). The van der Waals surface area contributed by atoms with E-state index < -0.39 is 0 Å². The normalized spacial score (nSPS) is 15.6. The highest BCUT2D eigenvalue weighted by atomic mass is 16.5. The van der Waals surface area contributed by atoms with Crippen LogP contribution in [-0.4, -0.2) is 48.9 Å². The molecule has 4 heteroatoms. The predicted octanol–water partition coefficient (Wildman–Crippen LogP) is -0.165. The van der Waals surface area contributed by atoms with Crippen molar-refractivity contribution < 1.29 is 14.9 Å². The Bertz CT molecular complexity index is 117. The van der Waals surface area contributed by atoms with Crippen LogP contribution in [0, 0.1) is 0 Å². The minimum atomic E-state index is -0.339. The first-order valence-electron chi connectivity index (χ1n) is 4.03. The molecule has 0 fully saturated rings. The van der Waals surface area contributed by atoms with Gasteiger partial charge in [0.25, 0.3) is 0 Å². The Morgan fingerprint density at radius 3 is 2.67 bits per heavy atom. The number of ether oxygens (including phenoxy) is 1. The van der Waals surface area contributed by atoms with Crippen molar-refractivity contribution in [3.05, 3.63) is 0 Å². The van der Waals surface area contributed by atoms with Gasteiger partial charge < -0.3 is 14.9 Å². The lowest BCUT2D eigenvalue weighted by atomic mass is 10.3. The van der Waals surface area contributed by atoms with E-state index in [2.05, 4.69) is 11.7 Å². The van der Waals surface area contributed by atoms with Crippen molar-refractivity contribution in [1.82, 2.24) is 0 Å². The Morgan fingerprint density at radius 1 is 1.58 bits per heavy atom. The number of nitrogens with zero attached hydrogens (tertiary/aromatic N) is 1. The molecule has 0 radical (unpaired) electrons. The van der Waals surface area contributed by atoms with Crippen LogP contribution < -0.4 is 0 Å². The van der Waals surface area contributed by atoms with Gasteiger partial charge in [0.15, 0.2) is 0 Å². The van der Waals surface area contributed by atoms with Crippen LogP contribution in [0.4, 0.5) is 0 Å². The summed E-state index contributed by atoms with van der Waals surface area (Å²) in [6, 6.07) is -0.237. The van der Waals surface area contributed by atoms with Crippen molar-refractivity contribution in [1.29, 1.82) is 0 Å². The summed E-state index contributed by atoms with van der Waals surface area (Å²) in [7, 11) is 0. The summed E-state index contributed by atoms with van der Waals surface area (Å²) in [5, 5.41) is 17.5. The number of aliphatic hydroxyl groups excluding tert-OH is 2. The summed E-state index contributed by atoms with van der Waals surface area (Å²) in [5.74, 6) is 0. The van der Waals surface area contributed by atoms with Gasteiger partial charge in [-0.3, -0.25) is 4.99 Å². The molecule has 12 heavy (non-hydrogen) atoms. The highest BCUT2D eigenvalue weighted by molar-refractivity contribution is 5.24. The van der Waals surface area contributed by atoms with Crippen LogP contribution in [0.15, 0.2) is 4.99 Å². The second-order valence-corrected chi connectivity index (χ2v) is 2.73. The maximum absolute atomic E-state index is 8.87. The second-order valence-electron chi connectivity index (χ2n) is 2.73. The van der Waals surface area contributed by atoms with E-state index >= 15 is 0 Å². The molecule has 0 aliphatic rings. The minimum Gasteiger partial charge on any atom is -0.394 e. The van der Waals surface area contributed by atoms with E-state index in [1.165, 1.54) is 0 Å². The van der Waals surface area contributed by atoms with Crippen molar-refractivity contribution in [3.8, 4) is 0 Å². The van der Waals surface area contributed by atoms with Gasteiger partial charge in [-0.2, -0.15) is 0 Å². The van der Waals surface area contributed by atoms with Gasteiger partial charge in [0.1, 0.15) is 0 Å². The summed E-state index contributed by atoms with van der Waals surface area (Å²) < 4.78 is 5.13. The Hall–Kier alpha value is -0.450. The van der Waals surface area contributed by atoms with Crippen molar-refractivity contribution in [2.45, 2.75) is 25.5 Å². The zero-order valence-corrected chi connectivity index (χ0v) is 7.44. The lowest BCUT2D eigenvalue weighted by molar-refractivity contribution is 0.0719. The third-order valence-electron chi connectivity index (χ3n) is 1.46. The molecule has 0 spiro atoms. The number of aliphatic hydroxyl groups is 2. The molecule has 0 saturated carbocycles. The molecular weight excluding hydrogens is 158 g/mol. The highest BCUT2D eigenvalue weighted by Gasteiger charge is 2.03. The van der Waals surface area contributed by atoms with E-state index in [0.717, 1.165) is 0 Å². The molecule has 72 valence electrons. The van der Waals surface area contributed by atoms with Crippen molar-refractivity contribution in [2.75, 3.05) is 19.8 Å². The van der Waals surface area contributed by atoms with Crippen LogP contribution in [0.2, 0.25) is 0 Å². The van der Waals surface area contributed by atoms with Gasteiger partial charge in [-0.15, -0.1) is 0 Å². The molecule has 0 heterocycles. The molecule has 4 nitrogen and oxygen atoms in total. The zero-order chi connectivity index (χ0) is 9.40. The fourth-order valence-corrected chi connectivity index (χ4v) is 0.636. The molecule has 0 saturated heterocycles. The van der Waals surface area contributed by atoms with E-state index in [0.29, 0.717) is 19.6 Å². The minimum absolute atomic E-state index is 0.0435. The zero-order valence-electron chi connectivity index (χ0n) is 7.44. The topological polar surface area (TPSA) is 62.1 Å². The first-order valence-corrected chi connectivity index (χ1v) is 4.03. The lowest BCUT2D eigenvalue weighted by Crippen LogP contribution is -2.18. The van der Waals surface area contributed by atoms with Gasteiger partial charge >= 0.3 is 0 Å². The van der Waals surface area contributed by atoms with Crippen LogP contribution in [0.5, 0.6) is 0 Å². The Labute approximate surface area is 72.9 Å². The third kappa shape index (κ3) is 6.27. The van der Waals surface area contributed by atoms with Gasteiger partial charge in [0.2, 0.25) is 0 Å². The number of hydrogen-bond donors (Lipinski definition) is 2. The SMILES string of the molecule is C=N[C@@H](CO)COCC[C@@H](C)O. The van der Waals surface area contributed by atoms with E-state index in [9.17, 15) is 0 Å². The van der Waals surface area contributed by atoms with E-state index in [-0.39, 0.29) is 18.8 Å². The van der Waals surface area contributed by atoms with Crippen LogP contribution in [0.25, 0.3) is 0 Å². The largest absolute Gasteiger partial charge is 0.394 e. The van der Waals surface area contributed by atoms with Gasteiger partial charge in [-0.05, 0) is 20.1 Å². The van der Waals surface area contributed by atoms with Crippen molar-refractivity contribution >= 4 is 6.72 Å². The summed E-state index contributed by atoms with van der Waals surface area (Å²) >= 11 is 0. The fraction of sp³-hybridized carbons (Fsp3) is 0.875. The molecule has 0 aromatic rings. The Kier molecular flexibility index (Phi) is 6.94. The molecule has 2 N–H and O–H groups in total. The summed E-state index contributed by atoms with van der Waals surface area (Å²) in [4.78, 5) is 3.64. The average Bonchev–Trinajstić information content (AvgIpc) is 2.04. The van der Waals surface area contributed by atoms with Crippen molar-refractivity contribution in [3.63, 3.8) is 0 Å². The molecule has 0 aromatic heterocycles. The fourth-order valence-electron chi connectivity index (χ4n) is 0.636. The van der Waals surface area contributed by atoms with Gasteiger partial charge in [-0.1, -0.05) is 0 Å². The molecule has 0 aromatic carbocycles.